The summed E-state index contributed by atoms with van der Waals surface area (Å²) in [6.07, 6.45) is -0.880. The molecule has 1 aromatic heterocycles. The monoisotopic (exact) mass is 414 g/mol. The van der Waals surface area contributed by atoms with Crippen LogP contribution in [0.3, 0.4) is 0 Å². The van der Waals surface area contributed by atoms with Crippen LogP contribution in [0.2, 0.25) is 0 Å². The molecule has 0 aliphatic rings. The summed E-state index contributed by atoms with van der Waals surface area (Å²) in [6, 6.07) is 21.2. The molecule has 3 aromatic carbocycles. The van der Waals surface area contributed by atoms with Gasteiger partial charge >= 0.3 is 0 Å². The molecule has 4 aromatic rings. The Morgan fingerprint density at radius 3 is 2.29 bits per heavy atom. The molecule has 1 unspecified atom stereocenters. The van der Waals surface area contributed by atoms with E-state index in [1.54, 1.807) is 6.07 Å². The highest BCUT2D eigenvalue weighted by Crippen LogP contribution is 2.26. The fraction of sp³-hybridized carbons (Fsp3) is 0.231. The Morgan fingerprint density at radius 2 is 1.55 bits per heavy atom. The Morgan fingerprint density at radius 1 is 0.903 bits per heavy atom. The van der Waals surface area contributed by atoms with Crippen LogP contribution in [0.5, 0.6) is 5.75 Å². The summed E-state index contributed by atoms with van der Waals surface area (Å²) >= 11 is 0. The number of hydrogen-bond acceptors (Lipinski definition) is 4. The summed E-state index contributed by atoms with van der Waals surface area (Å²) in [4.78, 5) is 13.0. The van der Waals surface area contributed by atoms with Crippen molar-refractivity contribution in [3.8, 4) is 17.0 Å². The molecule has 31 heavy (non-hydrogen) atoms. The lowest BCUT2D eigenvalue weighted by Gasteiger charge is -2.18. The van der Waals surface area contributed by atoms with E-state index >= 15 is 0 Å². The molecule has 4 rings (SSSR count). The predicted molar refractivity (Wildman–Crippen MR) is 124 cm³/mol. The van der Waals surface area contributed by atoms with Gasteiger partial charge in [0, 0.05) is 10.9 Å². The first-order chi connectivity index (χ1) is 15.0. The van der Waals surface area contributed by atoms with Gasteiger partial charge in [-0.1, -0.05) is 60.7 Å². The summed E-state index contributed by atoms with van der Waals surface area (Å²) in [5, 5.41) is 16.6. The molecule has 0 radical (unpaired) electrons. The summed E-state index contributed by atoms with van der Waals surface area (Å²) in [6.45, 7) is 6.14. The zero-order chi connectivity index (χ0) is 22.0. The Kier molecular flexibility index (Phi) is 5.87. The van der Waals surface area contributed by atoms with Crippen molar-refractivity contribution in [1.82, 2.24) is 9.78 Å². The van der Waals surface area contributed by atoms with Gasteiger partial charge in [0.25, 0.3) is 5.56 Å². The van der Waals surface area contributed by atoms with Gasteiger partial charge in [-0.05, 0) is 43.5 Å². The maximum atomic E-state index is 13.0. The first-order valence-corrected chi connectivity index (χ1v) is 10.4. The fourth-order valence-electron chi connectivity index (χ4n) is 3.75. The van der Waals surface area contributed by atoms with Gasteiger partial charge in [0.15, 0.2) is 0 Å². The van der Waals surface area contributed by atoms with Crippen molar-refractivity contribution in [2.24, 2.45) is 0 Å². The number of rotatable bonds is 6. The average molecular weight is 415 g/mol. The van der Waals surface area contributed by atoms with E-state index in [2.05, 4.69) is 11.2 Å². The van der Waals surface area contributed by atoms with Crippen LogP contribution in [-0.4, -0.2) is 27.6 Å². The zero-order valence-electron chi connectivity index (χ0n) is 18.0. The maximum absolute atomic E-state index is 13.0. The molecular formula is C26H26N2O3. The minimum Gasteiger partial charge on any atom is -0.490 e. The Hall–Kier alpha value is -3.44. The van der Waals surface area contributed by atoms with Gasteiger partial charge < -0.3 is 9.84 Å². The van der Waals surface area contributed by atoms with E-state index in [0.717, 1.165) is 33.4 Å². The molecule has 1 atom stereocenters. The van der Waals surface area contributed by atoms with Crippen molar-refractivity contribution in [1.29, 1.82) is 0 Å². The lowest BCUT2D eigenvalue weighted by Crippen LogP contribution is -2.32. The van der Waals surface area contributed by atoms with Crippen molar-refractivity contribution in [2.45, 2.75) is 33.4 Å². The van der Waals surface area contributed by atoms with Gasteiger partial charge in [-0.2, -0.15) is 5.10 Å². The van der Waals surface area contributed by atoms with Gasteiger partial charge in [0.1, 0.15) is 18.5 Å². The van der Waals surface area contributed by atoms with E-state index in [-0.39, 0.29) is 18.7 Å². The second-order valence-electron chi connectivity index (χ2n) is 7.87. The molecule has 0 saturated carbocycles. The number of aliphatic hydroxyl groups is 1. The third-order valence-corrected chi connectivity index (χ3v) is 5.59. The van der Waals surface area contributed by atoms with Crippen LogP contribution < -0.4 is 10.3 Å². The van der Waals surface area contributed by atoms with Crippen LogP contribution in [0.4, 0.5) is 0 Å². The van der Waals surface area contributed by atoms with E-state index in [4.69, 9.17) is 4.74 Å². The second-order valence-corrected chi connectivity index (χ2v) is 7.87. The molecular weight excluding hydrogens is 388 g/mol. The Balaban J connectivity index is 1.64. The third kappa shape index (κ3) is 4.23. The zero-order valence-corrected chi connectivity index (χ0v) is 18.0. The van der Waals surface area contributed by atoms with Crippen molar-refractivity contribution in [3.05, 3.63) is 93.8 Å². The smallest absolute Gasteiger partial charge is 0.274 e. The highest BCUT2D eigenvalue weighted by atomic mass is 16.5. The molecule has 0 aliphatic heterocycles. The normalized spacial score (nSPS) is 12.1. The van der Waals surface area contributed by atoms with Gasteiger partial charge in [-0.3, -0.25) is 4.79 Å². The van der Waals surface area contributed by atoms with Crippen LogP contribution in [0.1, 0.15) is 16.7 Å². The summed E-state index contributed by atoms with van der Waals surface area (Å²) in [7, 11) is 0. The molecule has 0 spiro atoms. The van der Waals surface area contributed by atoms with E-state index < -0.39 is 6.10 Å². The molecule has 0 bridgehead atoms. The van der Waals surface area contributed by atoms with E-state index in [1.165, 1.54) is 4.68 Å². The number of fused-ring (bicyclic) bond motifs is 1. The SMILES string of the molecule is Cc1ccc(C)c(OCC(O)Cn2nc(-c3ccccc3)c3ccccc3c2=O)c1C. The first-order valence-electron chi connectivity index (χ1n) is 10.4. The summed E-state index contributed by atoms with van der Waals surface area (Å²) < 4.78 is 7.27. The standard InChI is InChI=1S/C26H26N2O3/c1-17-13-14-18(2)25(19(17)3)31-16-21(29)15-28-26(30)23-12-8-7-11-22(23)24(27-28)20-9-5-4-6-10-20/h4-14,21,29H,15-16H2,1-3H3. The van der Waals surface area contributed by atoms with Gasteiger partial charge in [-0.15, -0.1) is 0 Å². The average Bonchev–Trinajstić information content (AvgIpc) is 2.79. The second kappa shape index (κ2) is 8.74. The van der Waals surface area contributed by atoms with Crippen molar-refractivity contribution in [3.63, 3.8) is 0 Å². The number of hydrogen-bond donors (Lipinski definition) is 1. The molecule has 5 nitrogen and oxygen atoms in total. The highest BCUT2D eigenvalue weighted by molar-refractivity contribution is 5.93. The molecule has 1 N–H and O–H groups in total. The molecule has 0 aliphatic carbocycles. The third-order valence-electron chi connectivity index (χ3n) is 5.59. The van der Waals surface area contributed by atoms with Gasteiger partial charge in [-0.25, -0.2) is 4.68 Å². The van der Waals surface area contributed by atoms with Crippen molar-refractivity contribution in [2.75, 3.05) is 6.61 Å². The Labute approximate surface area is 181 Å². The predicted octanol–water partition coefficient (Wildman–Crippen LogP) is 4.43. The van der Waals surface area contributed by atoms with Crippen LogP contribution >= 0.6 is 0 Å². The van der Waals surface area contributed by atoms with E-state index in [9.17, 15) is 9.90 Å². The topological polar surface area (TPSA) is 64.3 Å². The van der Waals surface area contributed by atoms with Gasteiger partial charge in [0.05, 0.1) is 17.6 Å². The quantitative estimate of drug-likeness (QED) is 0.507. The van der Waals surface area contributed by atoms with Crippen LogP contribution in [0.25, 0.3) is 22.0 Å². The summed E-state index contributed by atoms with van der Waals surface area (Å²) in [5.74, 6) is 0.780. The lowest BCUT2D eigenvalue weighted by atomic mass is 10.1. The minimum atomic E-state index is -0.880. The van der Waals surface area contributed by atoms with Crippen molar-refractivity contribution >= 4 is 10.8 Å². The number of aryl methyl sites for hydroxylation is 2. The van der Waals surface area contributed by atoms with Gasteiger partial charge in [0.2, 0.25) is 0 Å². The number of benzene rings is 3. The number of nitrogens with zero attached hydrogens (tertiary/aromatic N) is 2. The number of ether oxygens (including phenoxy) is 1. The highest BCUT2D eigenvalue weighted by Gasteiger charge is 2.16. The van der Waals surface area contributed by atoms with Crippen LogP contribution in [0, 0.1) is 20.8 Å². The lowest BCUT2D eigenvalue weighted by molar-refractivity contribution is 0.0876. The molecule has 1 heterocycles. The van der Waals surface area contributed by atoms with E-state index in [1.807, 2.05) is 75.4 Å². The van der Waals surface area contributed by atoms with Crippen LogP contribution in [0.15, 0.2) is 71.5 Å². The number of aliphatic hydroxyl groups excluding tert-OH is 1. The fourth-order valence-corrected chi connectivity index (χ4v) is 3.75. The van der Waals surface area contributed by atoms with Crippen LogP contribution in [-0.2, 0) is 6.54 Å². The molecule has 5 heteroatoms. The molecule has 0 amide bonds. The van der Waals surface area contributed by atoms with E-state index in [0.29, 0.717) is 11.1 Å². The molecule has 0 fully saturated rings. The number of aromatic nitrogens is 2. The largest absolute Gasteiger partial charge is 0.490 e. The summed E-state index contributed by atoms with van der Waals surface area (Å²) in [5.41, 5.74) is 4.62. The molecule has 158 valence electrons. The maximum Gasteiger partial charge on any atom is 0.274 e. The minimum absolute atomic E-state index is 0.0490. The van der Waals surface area contributed by atoms with Crippen molar-refractivity contribution < 1.29 is 9.84 Å². The molecule has 0 saturated heterocycles. The Bertz CT molecular complexity index is 1280. The first kappa shape index (κ1) is 20.8.